The van der Waals surface area contributed by atoms with Crippen molar-refractivity contribution < 1.29 is 19.1 Å². The Balaban J connectivity index is 2.70. The molecule has 0 spiro atoms. The van der Waals surface area contributed by atoms with Crippen LogP contribution in [0.4, 0.5) is 4.79 Å². The summed E-state index contributed by atoms with van der Waals surface area (Å²) in [6.07, 6.45) is 0.608. The monoisotopic (exact) mass is 341 g/mol. The van der Waals surface area contributed by atoms with E-state index in [1.165, 1.54) is 12.0 Å². The number of urea groups is 1. The lowest BCUT2D eigenvalue weighted by molar-refractivity contribution is -0.145. The van der Waals surface area contributed by atoms with E-state index in [4.69, 9.17) is 0 Å². The van der Waals surface area contributed by atoms with Crippen molar-refractivity contribution in [3.05, 3.63) is 16.1 Å². The summed E-state index contributed by atoms with van der Waals surface area (Å²) >= 11 is 1.55. The van der Waals surface area contributed by atoms with Gasteiger partial charge in [-0.15, -0.1) is 11.3 Å². The number of carbonyl (C=O) groups is 3. The van der Waals surface area contributed by atoms with Gasteiger partial charge in [0.1, 0.15) is 12.3 Å². The van der Waals surface area contributed by atoms with Crippen molar-refractivity contribution in [1.29, 1.82) is 0 Å². The molecule has 2 atom stereocenters. The van der Waals surface area contributed by atoms with Gasteiger partial charge in [0.25, 0.3) is 0 Å². The lowest BCUT2D eigenvalue weighted by Gasteiger charge is -2.23. The first kappa shape index (κ1) is 19.1. The Morgan fingerprint density at radius 3 is 2.57 bits per heavy atom. The van der Waals surface area contributed by atoms with Crippen LogP contribution < -0.4 is 5.32 Å². The van der Waals surface area contributed by atoms with Gasteiger partial charge >= 0.3 is 12.0 Å². The Morgan fingerprint density at radius 2 is 2.09 bits per heavy atom. The molecule has 2 amide bonds. The third-order valence-electron chi connectivity index (χ3n) is 3.28. The molecule has 0 radical (unpaired) electrons. The van der Waals surface area contributed by atoms with Gasteiger partial charge in [0.15, 0.2) is 0 Å². The summed E-state index contributed by atoms with van der Waals surface area (Å²) in [5, 5.41) is 5.44. The van der Waals surface area contributed by atoms with Crippen LogP contribution in [0.3, 0.4) is 0 Å². The normalized spacial score (nSPS) is 13.3. The number of hydrogen-bond donors (Lipinski definition) is 1. The zero-order valence-electron chi connectivity index (χ0n) is 14.0. The zero-order chi connectivity index (χ0) is 17.6. The molecule has 7 nitrogen and oxygen atoms in total. The molecule has 0 aliphatic carbocycles. The molecule has 1 heterocycles. The van der Waals surface area contributed by atoms with Crippen molar-refractivity contribution in [2.24, 2.45) is 5.92 Å². The van der Waals surface area contributed by atoms with Crippen LogP contribution >= 0.6 is 11.3 Å². The largest absolute Gasteiger partial charge is 0.467 e. The van der Waals surface area contributed by atoms with E-state index in [-0.39, 0.29) is 0 Å². The summed E-state index contributed by atoms with van der Waals surface area (Å²) in [5.74, 6) is -0.987. The second-order valence-electron chi connectivity index (χ2n) is 5.63. The van der Waals surface area contributed by atoms with Crippen LogP contribution in [0.15, 0.2) is 5.38 Å². The molecular weight excluding hydrogens is 318 g/mol. The fourth-order valence-electron chi connectivity index (χ4n) is 1.83. The third kappa shape index (κ3) is 5.31. The highest BCUT2D eigenvalue weighted by Gasteiger charge is 2.28. The fourth-order valence-corrected chi connectivity index (χ4v) is 2.66. The van der Waals surface area contributed by atoms with Gasteiger partial charge in [-0.3, -0.25) is 0 Å². The highest BCUT2D eigenvalue weighted by Crippen LogP contribution is 2.19. The van der Waals surface area contributed by atoms with Crippen LogP contribution in [0.1, 0.15) is 37.4 Å². The van der Waals surface area contributed by atoms with E-state index in [9.17, 15) is 14.4 Å². The number of nitrogens with one attached hydrogen (secondary N) is 1. The Bertz CT molecular complexity index is 559. The number of hydrogen-bond acceptors (Lipinski definition) is 6. The van der Waals surface area contributed by atoms with Crippen LogP contribution in [0.5, 0.6) is 0 Å². The molecule has 0 saturated carbocycles. The van der Waals surface area contributed by atoms with Crippen molar-refractivity contribution in [2.75, 3.05) is 14.2 Å². The summed E-state index contributed by atoms with van der Waals surface area (Å²) in [7, 11) is 2.81. The average molecular weight is 341 g/mol. The van der Waals surface area contributed by atoms with Crippen LogP contribution in [0, 0.1) is 5.92 Å². The van der Waals surface area contributed by atoms with Gasteiger partial charge in [-0.25, -0.2) is 14.6 Å². The van der Waals surface area contributed by atoms with Gasteiger partial charge in [0, 0.05) is 24.3 Å². The minimum atomic E-state index is -1.01. The molecule has 0 bridgehead atoms. The Hall–Kier alpha value is -1.96. The SMILES string of the molecule is COC(=O)C(NC(=O)N(C)Cc1csc(C(C)C)n1)C(C)C=O. The summed E-state index contributed by atoms with van der Waals surface area (Å²) in [6.45, 7) is 5.98. The molecule has 2 unspecified atom stereocenters. The summed E-state index contributed by atoms with van der Waals surface area (Å²) in [4.78, 5) is 40.7. The van der Waals surface area contributed by atoms with E-state index in [2.05, 4.69) is 28.9 Å². The van der Waals surface area contributed by atoms with Gasteiger partial charge in [0.05, 0.1) is 24.4 Å². The molecule has 0 saturated heterocycles. The number of aldehydes is 1. The number of ether oxygens (including phenoxy) is 1. The minimum absolute atomic E-state index is 0.318. The van der Waals surface area contributed by atoms with E-state index < -0.39 is 24.0 Å². The maximum absolute atomic E-state index is 12.2. The van der Waals surface area contributed by atoms with Crippen LogP contribution in [-0.4, -0.2) is 48.4 Å². The predicted molar refractivity (Wildman–Crippen MR) is 87.2 cm³/mol. The molecule has 1 aromatic heterocycles. The summed E-state index contributed by atoms with van der Waals surface area (Å²) in [6, 6.07) is -1.47. The molecular formula is C15H23N3O4S. The predicted octanol–water partition coefficient (Wildman–Crippen LogP) is 1.78. The van der Waals surface area contributed by atoms with Crippen molar-refractivity contribution in [3.8, 4) is 0 Å². The number of aromatic nitrogens is 1. The Morgan fingerprint density at radius 1 is 1.43 bits per heavy atom. The number of thiazole rings is 1. The first-order valence-electron chi connectivity index (χ1n) is 7.29. The van der Waals surface area contributed by atoms with E-state index in [1.54, 1.807) is 25.3 Å². The van der Waals surface area contributed by atoms with Crippen molar-refractivity contribution in [3.63, 3.8) is 0 Å². The summed E-state index contributed by atoms with van der Waals surface area (Å²) < 4.78 is 4.62. The number of carbonyl (C=O) groups excluding carboxylic acids is 3. The smallest absolute Gasteiger partial charge is 0.329 e. The Labute approximate surface area is 140 Å². The zero-order valence-corrected chi connectivity index (χ0v) is 14.8. The Kier molecular flexibility index (Phi) is 7.15. The maximum atomic E-state index is 12.2. The van der Waals surface area contributed by atoms with Crippen LogP contribution in [0.2, 0.25) is 0 Å². The van der Waals surface area contributed by atoms with Crippen molar-refractivity contribution >= 4 is 29.6 Å². The molecule has 23 heavy (non-hydrogen) atoms. The molecule has 1 N–H and O–H groups in total. The average Bonchev–Trinajstić information content (AvgIpc) is 2.99. The van der Waals surface area contributed by atoms with Gasteiger partial charge in [-0.2, -0.15) is 0 Å². The van der Waals surface area contributed by atoms with E-state index >= 15 is 0 Å². The van der Waals surface area contributed by atoms with Crippen LogP contribution in [0.25, 0.3) is 0 Å². The molecule has 0 aliphatic heterocycles. The lowest BCUT2D eigenvalue weighted by atomic mass is 10.0. The minimum Gasteiger partial charge on any atom is -0.467 e. The van der Waals surface area contributed by atoms with E-state index in [1.807, 2.05) is 5.38 Å². The first-order valence-corrected chi connectivity index (χ1v) is 8.17. The number of esters is 1. The maximum Gasteiger partial charge on any atom is 0.329 e. The quantitative estimate of drug-likeness (QED) is 0.603. The second kappa shape index (κ2) is 8.61. The molecule has 128 valence electrons. The van der Waals surface area contributed by atoms with Gasteiger partial charge < -0.3 is 19.7 Å². The highest BCUT2D eigenvalue weighted by atomic mass is 32.1. The standard InChI is InChI=1S/C15H23N3O4S/c1-9(2)13-16-11(8-23-13)6-18(4)15(21)17-12(10(3)7-19)14(20)22-5/h7-10,12H,6H2,1-5H3,(H,17,21). The molecule has 8 heteroatoms. The van der Waals surface area contributed by atoms with Gasteiger partial charge in [0.2, 0.25) is 0 Å². The molecule has 0 fully saturated rings. The van der Waals surface area contributed by atoms with E-state index in [0.29, 0.717) is 18.7 Å². The number of rotatable bonds is 7. The van der Waals surface area contributed by atoms with Gasteiger partial charge in [-0.05, 0) is 0 Å². The second-order valence-corrected chi connectivity index (χ2v) is 6.52. The highest BCUT2D eigenvalue weighted by molar-refractivity contribution is 7.09. The van der Waals surface area contributed by atoms with Gasteiger partial charge in [-0.1, -0.05) is 20.8 Å². The molecule has 1 rings (SSSR count). The number of amides is 2. The fraction of sp³-hybridized carbons (Fsp3) is 0.600. The lowest BCUT2D eigenvalue weighted by Crippen LogP contribution is -2.50. The summed E-state index contributed by atoms with van der Waals surface area (Å²) in [5.41, 5.74) is 0.786. The molecule has 0 aliphatic rings. The van der Waals surface area contributed by atoms with Crippen molar-refractivity contribution in [2.45, 2.75) is 39.3 Å². The number of nitrogens with zero attached hydrogens (tertiary/aromatic N) is 2. The molecule has 1 aromatic rings. The topological polar surface area (TPSA) is 88.6 Å². The third-order valence-corrected chi connectivity index (χ3v) is 4.48. The first-order chi connectivity index (χ1) is 10.8. The molecule has 0 aromatic carbocycles. The van der Waals surface area contributed by atoms with E-state index in [0.717, 1.165) is 10.7 Å². The van der Waals surface area contributed by atoms with Crippen LogP contribution in [-0.2, 0) is 20.9 Å². The van der Waals surface area contributed by atoms with Crippen molar-refractivity contribution in [1.82, 2.24) is 15.2 Å². The number of methoxy groups -OCH3 is 1.